The lowest BCUT2D eigenvalue weighted by Crippen LogP contribution is -1.97. The minimum atomic E-state index is -1.07. The first kappa shape index (κ1) is 13.1. The van der Waals surface area contributed by atoms with Crippen LogP contribution in [0, 0.1) is 5.82 Å². The molecule has 1 heterocycles. The first-order valence-corrected chi connectivity index (χ1v) is 6.15. The third-order valence-electron chi connectivity index (χ3n) is 3.20. The van der Waals surface area contributed by atoms with Crippen LogP contribution in [-0.2, 0) is 0 Å². The molecule has 0 fully saturated rings. The second kappa shape index (κ2) is 4.90. The number of nitrogens with one attached hydrogen (secondary N) is 1. The molecule has 0 spiro atoms. The van der Waals surface area contributed by atoms with Crippen LogP contribution in [0.5, 0.6) is 5.75 Å². The maximum Gasteiger partial charge on any atom is 0.335 e. The third kappa shape index (κ3) is 2.20. The highest BCUT2D eigenvalue weighted by molar-refractivity contribution is 6.01. The first-order chi connectivity index (χ1) is 10.1. The van der Waals surface area contributed by atoms with E-state index in [2.05, 4.69) is 10.2 Å². The van der Waals surface area contributed by atoms with E-state index in [0.717, 1.165) is 0 Å². The summed E-state index contributed by atoms with van der Waals surface area (Å²) in [6.45, 7) is 0. The molecular formula is C15H11FN2O3. The zero-order chi connectivity index (χ0) is 15.0. The van der Waals surface area contributed by atoms with Crippen molar-refractivity contribution in [3.63, 3.8) is 0 Å². The van der Waals surface area contributed by atoms with Gasteiger partial charge in [0.1, 0.15) is 22.8 Å². The van der Waals surface area contributed by atoms with E-state index in [-0.39, 0.29) is 11.4 Å². The maximum atomic E-state index is 13.4. The number of aromatic amines is 1. The monoisotopic (exact) mass is 286 g/mol. The van der Waals surface area contributed by atoms with Crippen molar-refractivity contribution in [1.29, 1.82) is 0 Å². The number of halogens is 1. The predicted molar refractivity (Wildman–Crippen MR) is 75.0 cm³/mol. The van der Waals surface area contributed by atoms with Crippen LogP contribution in [0.4, 0.5) is 4.39 Å². The van der Waals surface area contributed by atoms with Gasteiger partial charge in [0, 0.05) is 10.9 Å². The lowest BCUT2D eigenvalue weighted by molar-refractivity contribution is 0.0696. The van der Waals surface area contributed by atoms with Crippen LogP contribution in [0.2, 0.25) is 0 Å². The lowest BCUT2D eigenvalue weighted by Gasteiger charge is -2.04. The number of benzene rings is 2. The summed E-state index contributed by atoms with van der Waals surface area (Å²) in [6.07, 6.45) is 0. The summed E-state index contributed by atoms with van der Waals surface area (Å²) < 4.78 is 18.5. The molecule has 0 amide bonds. The van der Waals surface area contributed by atoms with E-state index in [1.54, 1.807) is 12.1 Å². The van der Waals surface area contributed by atoms with Gasteiger partial charge in [0.15, 0.2) is 0 Å². The van der Waals surface area contributed by atoms with Crippen molar-refractivity contribution in [2.24, 2.45) is 0 Å². The van der Waals surface area contributed by atoms with E-state index in [1.165, 1.54) is 31.4 Å². The topological polar surface area (TPSA) is 75.2 Å². The number of rotatable bonds is 3. The normalized spacial score (nSPS) is 10.8. The van der Waals surface area contributed by atoms with E-state index in [1.807, 2.05) is 0 Å². The van der Waals surface area contributed by atoms with Crippen LogP contribution in [0.25, 0.3) is 22.2 Å². The summed E-state index contributed by atoms with van der Waals surface area (Å²) in [5, 5.41) is 16.7. The van der Waals surface area contributed by atoms with Crippen LogP contribution in [0.3, 0.4) is 0 Å². The number of nitrogens with zero attached hydrogens (tertiary/aromatic N) is 1. The zero-order valence-electron chi connectivity index (χ0n) is 11.1. The van der Waals surface area contributed by atoms with Gasteiger partial charge in [-0.1, -0.05) is 12.1 Å². The molecule has 0 bridgehead atoms. The number of methoxy groups -OCH3 is 1. The van der Waals surface area contributed by atoms with Crippen LogP contribution in [-0.4, -0.2) is 28.4 Å². The Balaban J connectivity index is 2.30. The second-order valence-corrected chi connectivity index (χ2v) is 4.49. The van der Waals surface area contributed by atoms with Crippen molar-refractivity contribution < 1.29 is 19.0 Å². The molecule has 0 radical (unpaired) electrons. The molecule has 6 heteroatoms. The largest absolute Gasteiger partial charge is 0.494 e. The zero-order valence-corrected chi connectivity index (χ0v) is 11.1. The number of carboxylic acids is 1. The van der Waals surface area contributed by atoms with Crippen LogP contribution >= 0.6 is 0 Å². The van der Waals surface area contributed by atoms with E-state index in [4.69, 9.17) is 9.84 Å². The number of aromatic nitrogens is 2. The number of H-pyrrole nitrogens is 1. The van der Waals surface area contributed by atoms with Crippen molar-refractivity contribution >= 4 is 16.9 Å². The van der Waals surface area contributed by atoms with Gasteiger partial charge in [-0.25, -0.2) is 9.18 Å². The molecule has 0 aliphatic heterocycles. The molecule has 0 aliphatic rings. The Morgan fingerprint density at radius 2 is 2.14 bits per heavy atom. The summed E-state index contributed by atoms with van der Waals surface area (Å²) in [7, 11) is 1.45. The Labute approximate surface area is 119 Å². The van der Waals surface area contributed by atoms with Gasteiger partial charge in [-0.05, 0) is 24.3 Å². The predicted octanol–water partition coefficient (Wildman–Crippen LogP) is 3.08. The molecule has 21 heavy (non-hydrogen) atoms. The van der Waals surface area contributed by atoms with Gasteiger partial charge in [-0.3, -0.25) is 5.10 Å². The number of ether oxygens (including phenoxy) is 1. The Morgan fingerprint density at radius 3 is 2.81 bits per heavy atom. The Bertz CT molecular complexity index is 842. The molecule has 106 valence electrons. The highest BCUT2D eigenvalue weighted by Crippen LogP contribution is 2.33. The number of hydrogen-bond donors (Lipinski definition) is 2. The van der Waals surface area contributed by atoms with E-state index < -0.39 is 5.97 Å². The number of aromatic carboxylic acids is 1. The minimum Gasteiger partial charge on any atom is -0.494 e. The highest BCUT2D eigenvalue weighted by Gasteiger charge is 2.16. The van der Waals surface area contributed by atoms with Crippen molar-refractivity contribution in [2.75, 3.05) is 7.11 Å². The average Bonchev–Trinajstić information content (AvgIpc) is 2.90. The molecule has 0 aliphatic carbocycles. The summed E-state index contributed by atoms with van der Waals surface area (Å²) in [5.74, 6) is -1.08. The quantitative estimate of drug-likeness (QED) is 0.776. The minimum absolute atomic E-state index is 0.0819. The van der Waals surface area contributed by atoms with Gasteiger partial charge in [0.05, 0.1) is 12.7 Å². The lowest BCUT2D eigenvalue weighted by atomic mass is 10.0. The molecular weight excluding hydrogens is 275 g/mol. The van der Waals surface area contributed by atoms with E-state index in [9.17, 15) is 9.18 Å². The molecule has 2 aromatic carbocycles. The van der Waals surface area contributed by atoms with Gasteiger partial charge >= 0.3 is 5.97 Å². The Morgan fingerprint density at radius 1 is 1.33 bits per heavy atom. The van der Waals surface area contributed by atoms with Crippen LogP contribution < -0.4 is 4.74 Å². The van der Waals surface area contributed by atoms with Gasteiger partial charge in [-0.2, -0.15) is 5.10 Å². The van der Waals surface area contributed by atoms with E-state index >= 15 is 0 Å². The second-order valence-electron chi connectivity index (χ2n) is 4.49. The molecule has 3 aromatic rings. The van der Waals surface area contributed by atoms with Gasteiger partial charge in [0.2, 0.25) is 0 Å². The summed E-state index contributed by atoms with van der Waals surface area (Å²) in [6, 6.07) is 8.86. The maximum absolute atomic E-state index is 13.4. The fourth-order valence-corrected chi connectivity index (χ4v) is 2.23. The Hall–Kier alpha value is -2.89. The number of carbonyl (C=O) groups is 1. The van der Waals surface area contributed by atoms with E-state index in [0.29, 0.717) is 27.9 Å². The van der Waals surface area contributed by atoms with Gasteiger partial charge in [-0.15, -0.1) is 0 Å². The smallest absolute Gasteiger partial charge is 0.335 e. The number of fused-ring (bicyclic) bond motifs is 1. The molecule has 5 nitrogen and oxygen atoms in total. The summed E-state index contributed by atoms with van der Waals surface area (Å²) in [4.78, 5) is 11.2. The van der Waals surface area contributed by atoms with Crippen molar-refractivity contribution in [1.82, 2.24) is 10.2 Å². The fraction of sp³-hybridized carbons (Fsp3) is 0.0667. The molecule has 2 N–H and O–H groups in total. The number of hydrogen-bond acceptors (Lipinski definition) is 3. The number of carboxylic acid groups (broad SMARTS) is 1. The van der Waals surface area contributed by atoms with Crippen molar-refractivity contribution in [3.8, 4) is 17.0 Å². The standard InChI is InChI=1S/C15H11FN2O3/c1-21-12-7-9(15(19)20)6-11-13(17-18-14(11)12)8-3-2-4-10(16)5-8/h2-7H,1H3,(H,17,18)(H,19,20). The SMILES string of the molecule is COc1cc(C(=O)O)cc2c(-c3cccc(F)c3)n[nH]c12. The molecule has 0 saturated carbocycles. The summed E-state index contributed by atoms with van der Waals surface area (Å²) in [5.41, 5.74) is 1.69. The molecule has 1 aromatic heterocycles. The molecule has 3 rings (SSSR count). The molecule has 0 saturated heterocycles. The third-order valence-corrected chi connectivity index (χ3v) is 3.20. The summed E-state index contributed by atoms with van der Waals surface area (Å²) >= 11 is 0. The highest BCUT2D eigenvalue weighted by atomic mass is 19.1. The average molecular weight is 286 g/mol. The van der Waals surface area contributed by atoms with Crippen LogP contribution in [0.15, 0.2) is 36.4 Å². The van der Waals surface area contributed by atoms with Gasteiger partial charge < -0.3 is 9.84 Å². The molecule has 0 unspecified atom stereocenters. The molecule has 0 atom stereocenters. The van der Waals surface area contributed by atoms with Crippen LogP contribution in [0.1, 0.15) is 10.4 Å². The first-order valence-electron chi connectivity index (χ1n) is 6.15. The Kier molecular flexibility index (Phi) is 3.06. The fourth-order valence-electron chi connectivity index (χ4n) is 2.23. The van der Waals surface area contributed by atoms with Crippen molar-refractivity contribution in [3.05, 3.63) is 47.8 Å². The van der Waals surface area contributed by atoms with Gasteiger partial charge in [0.25, 0.3) is 0 Å². The van der Waals surface area contributed by atoms with Crippen molar-refractivity contribution in [2.45, 2.75) is 0 Å².